The van der Waals surface area contributed by atoms with Crippen molar-refractivity contribution in [2.24, 2.45) is 0 Å². The third-order valence-electron chi connectivity index (χ3n) is 10.5. The van der Waals surface area contributed by atoms with Crippen LogP contribution in [-0.4, -0.2) is 62.6 Å². The first-order chi connectivity index (χ1) is 28.2. The second-order valence-electron chi connectivity index (χ2n) is 13.8. The summed E-state index contributed by atoms with van der Waals surface area (Å²) >= 11 is 0. The van der Waals surface area contributed by atoms with E-state index in [4.69, 9.17) is 18.9 Å². The van der Waals surface area contributed by atoms with Crippen LogP contribution in [0.25, 0.3) is 0 Å². The van der Waals surface area contributed by atoms with E-state index in [1.807, 2.05) is 60.7 Å². The molecule has 6 aromatic rings. The maximum absolute atomic E-state index is 14.6. The van der Waals surface area contributed by atoms with Crippen molar-refractivity contribution in [2.75, 3.05) is 28.4 Å². The van der Waals surface area contributed by atoms with Gasteiger partial charge in [-0.1, -0.05) is 133 Å². The predicted molar refractivity (Wildman–Crippen MR) is 222 cm³/mol. The number of methoxy groups -OCH3 is 4. The summed E-state index contributed by atoms with van der Waals surface area (Å²) in [7, 11) is 5.99. The monoisotopic (exact) mass is 780 g/mol. The Morgan fingerprint density at radius 2 is 0.672 bits per heavy atom. The lowest BCUT2D eigenvalue weighted by Crippen LogP contribution is -2.59. The fourth-order valence-corrected chi connectivity index (χ4v) is 7.63. The zero-order valence-corrected chi connectivity index (χ0v) is 32.9. The average Bonchev–Trinajstić information content (AvgIpc) is 3.28. The van der Waals surface area contributed by atoms with Gasteiger partial charge in [0.05, 0.1) is 40.5 Å². The molecule has 0 fully saturated rings. The van der Waals surface area contributed by atoms with E-state index in [1.165, 1.54) is 28.4 Å². The smallest absolute Gasteiger partial charge is 0.309 e. The van der Waals surface area contributed by atoms with Crippen molar-refractivity contribution < 1.29 is 38.7 Å². The molecule has 0 radical (unpaired) electrons. The molecule has 0 aliphatic rings. The van der Waals surface area contributed by atoms with Gasteiger partial charge in [0.15, 0.2) is 0 Å². The van der Waals surface area contributed by atoms with Gasteiger partial charge in [-0.2, -0.15) is 0 Å². The van der Waals surface area contributed by atoms with Crippen molar-refractivity contribution in [2.45, 2.75) is 36.1 Å². The van der Waals surface area contributed by atoms with E-state index in [-0.39, 0.29) is 12.8 Å². The summed E-state index contributed by atoms with van der Waals surface area (Å²) in [6, 6.07) is 44.2. The lowest BCUT2D eigenvalue weighted by Gasteiger charge is -2.40. The third-order valence-corrected chi connectivity index (χ3v) is 10.5. The molecule has 0 saturated carbocycles. The molecule has 6 aromatic carbocycles. The van der Waals surface area contributed by atoms with Crippen LogP contribution >= 0.6 is 0 Å². The molecule has 0 saturated heterocycles. The van der Waals surface area contributed by atoms with Gasteiger partial charge in [0.1, 0.15) is 34.2 Å². The predicted octanol–water partition coefficient (Wildman–Crippen LogP) is 6.35. The third kappa shape index (κ3) is 8.39. The van der Waals surface area contributed by atoms with Gasteiger partial charge < -0.3 is 39.8 Å². The number of carbonyl (C=O) groups excluding carboxylic acids is 2. The van der Waals surface area contributed by atoms with Crippen LogP contribution in [0.15, 0.2) is 158 Å². The molecule has 298 valence electrons. The molecular formula is C48H48N2O8. The van der Waals surface area contributed by atoms with Gasteiger partial charge in [-0.3, -0.25) is 9.59 Å². The van der Waals surface area contributed by atoms with Crippen molar-refractivity contribution >= 4 is 11.8 Å². The van der Waals surface area contributed by atoms with Crippen LogP contribution in [0.5, 0.6) is 23.0 Å². The van der Waals surface area contributed by atoms with Crippen molar-refractivity contribution in [3.8, 4) is 23.0 Å². The summed E-state index contributed by atoms with van der Waals surface area (Å²) in [5.74, 6) is -0.679. The number of para-hydroxylation sites is 4. The van der Waals surface area contributed by atoms with Gasteiger partial charge in [-0.15, -0.1) is 0 Å². The highest BCUT2D eigenvalue weighted by Crippen LogP contribution is 2.45. The lowest BCUT2D eigenvalue weighted by molar-refractivity contribution is -0.142. The Hall–Kier alpha value is -6.62. The minimum Gasteiger partial charge on any atom is -0.496 e. The second-order valence-corrected chi connectivity index (χ2v) is 13.8. The number of amides is 2. The van der Waals surface area contributed by atoms with Crippen molar-refractivity contribution in [1.82, 2.24) is 10.6 Å². The molecule has 0 spiro atoms. The number of ether oxygens (including phenoxy) is 4. The topological polar surface area (TPSA) is 136 Å². The van der Waals surface area contributed by atoms with Crippen LogP contribution in [-0.2, 0) is 33.6 Å². The zero-order chi connectivity index (χ0) is 41.1. The van der Waals surface area contributed by atoms with Crippen molar-refractivity contribution in [3.63, 3.8) is 0 Å². The molecule has 0 aliphatic carbocycles. The molecule has 0 unspecified atom stereocenters. The van der Waals surface area contributed by atoms with E-state index < -0.39 is 35.1 Å². The SMILES string of the molecule is COc1ccccc1C(O)(c1ccccc1OC)[C@@H](Cc1ccccc1)NC(=O)C(=O)N[C@H](Cc1ccccc1)C(O)(c1ccccc1OC)c1ccccc1OC. The van der Waals surface area contributed by atoms with Crippen LogP contribution < -0.4 is 29.6 Å². The lowest BCUT2D eigenvalue weighted by atomic mass is 9.76. The number of nitrogens with one attached hydrogen (secondary N) is 2. The highest BCUT2D eigenvalue weighted by molar-refractivity contribution is 6.35. The zero-order valence-electron chi connectivity index (χ0n) is 32.9. The summed E-state index contributed by atoms with van der Waals surface area (Å²) in [6.07, 6.45) is 0.179. The Bertz CT molecular complexity index is 2040. The normalized spacial score (nSPS) is 12.4. The fourth-order valence-electron chi connectivity index (χ4n) is 7.63. The van der Waals surface area contributed by atoms with Crippen LogP contribution in [0.3, 0.4) is 0 Å². The number of rotatable bonds is 16. The standard InChI is InChI=1S/C48H48N2O8/c1-55-39-27-15-11-23-35(39)47(53,36-24-12-16-28-40(36)56-2)43(31-33-19-7-5-8-20-33)49-45(51)46(52)50-44(32-34-21-9-6-10-22-34)48(54,37-25-13-17-29-41(37)57-3)38-26-14-18-30-42(38)58-4/h5-30,43-44,53-54H,31-32H2,1-4H3,(H,49,51)(H,50,52)/t43-,44-/m1/s1. The van der Waals surface area contributed by atoms with Crippen molar-refractivity contribution in [1.29, 1.82) is 0 Å². The maximum Gasteiger partial charge on any atom is 0.309 e. The summed E-state index contributed by atoms with van der Waals surface area (Å²) in [6.45, 7) is 0. The maximum atomic E-state index is 14.6. The highest BCUT2D eigenvalue weighted by Gasteiger charge is 2.48. The molecule has 10 nitrogen and oxygen atoms in total. The molecule has 2 atom stereocenters. The largest absolute Gasteiger partial charge is 0.496 e. The van der Waals surface area contributed by atoms with Gasteiger partial charge in [0.2, 0.25) is 0 Å². The van der Waals surface area contributed by atoms with E-state index in [0.29, 0.717) is 45.3 Å². The molecular weight excluding hydrogens is 733 g/mol. The van der Waals surface area contributed by atoms with Crippen LogP contribution in [0.4, 0.5) is 0 Å². The second kappa shape index (κ2) is 18.5. The molecule has 6 rings (SSSR count). The first-order valence-electron chi connectivity index (χ1n) is 18.9. The molecule has 0 aromatic heterocycles. The Kier molecular flexibility index (Phi) is 13.1. The number of benzene rings is 6. The summed E-state index contributed by atoms with van der Waals surface area (Å²) in [5.41, 5.74) is -1.10. The van der Waals surface area contributed by atoms with Gasteiger partial charge in [0, 0.05) is 22.3 Å². The number of hydrogen-bond donors (Lipinski definition) is 4. The quantitative estimate of drug-likeness (QED) is 0.0836. The Morgan fingerprint density at radius 1 is 0.431 bits per heavy atom. The molecule has 0 bridgehead atoms. The highest BCUT2D eigenvalue weighted by atomic mass is 16.5. The Labute approximate surface area is 339 Å². The molecule has 0 heterocycles. The van der Waals surface area contributed by atoms with Gasteiger partial charge in [-0.05, 0) is 48.2 Å². The molecule has 4 N–H and O–H groups in total. The molecule has 10 heteroatoms. The number of hydrogen-bond acceptors (Lipinski definition) is 8. The minimum atomic E-state index is -2.01. The Morgan fingerprint density at radius 3 is 0.931 bits per heavy atom. The van der Waals surface area contributed by atoms with Gasteiger partial charge in [-0.25, -0.2) is 0 Å². The first-order valence-corrected chi connectivity index (χ1v) is 18.9. The Balaban J connectivity index is 1.48. The van der Waals surface area contributed by atoms with E-state index >= 15 is 0 Å². The molecule has 0 aliphatic heterocycles. The van der Waals surface area contributed by atoms with Crippen LogP contribution in [0.1, 0.15) is 33.4 Å². The minimum absolute atomic E-state index is 0.0896. The summed E-state index contributed by atoms with van der Waals surface area (Å²) < 4.78 is 23.1. The van der Waals surface area contributed by atoms with Crippen LogP contribution in [0, 0.1) is 0 Å². The van der Waals surface area contributed by atoms with Gasteiger partial charge in [0.25, 0.3) is 0 Å². The first kappa shape index (κ1) is 41.0. The average molecular weight is 781 g/mol. The fraction of sp³-hybridized carbons (Fsp3) is 0.208. The van der Waals surface area contributed by atoms with E-state index in [0.717, 1.165) is 11.1 Å². The molecule has 2 amide bonds. The van der Waals surface area contributed by atoms with Crippen molar-refractivity contribution in [3.05, 3.63) is 191 Å². The molecule has 58 heavy (non-hydrogen) atoms. The van der Waals surface area contributed by atoms with Crippen LogP contribution in [0.2, 0.25) is 0 Å². The number of carbonyl (C=O) groups is 2. The van der Waals surface area contributed by atoms with Gasteiger partial charge >= 0.3 is 11.8 Å². The number of aliphatic hydroxyl groups is 2. The van der Waals surface area contributed by atoms with E-state index in [9.17, 15) is 19.8 Å². The van der Waals surface area contributed by atoms with E-state index in [1.54, 1.807) is 97.1 Å². The van der Waals surface area contributed by atoms with E-state index in [2.05, 4.69) is 10.6 Å². The summed E-state index contributed by atoms with van der Waals surface area (Å²) in [5, 5.41) is 32.4. The summed E-state index contributed by atoms with van der Waals surface area (Å²) in [4.78, 5) is 29.1.